The van der Waals surface area contributed by atoms with E-state index in [-0.39, 0.29) is 0 Å². The largest absolute Gasteiger partial charge is 0.312 e. The zero-order valence-electron chi connectivity index (χ0n) is 16.0. The Hall–Kier alpha value is 0.710. The molecule has 0 saturated carbocycles. The summed E-state index contributed by atoms with van der Waals surface area (Å²) in [4.78, 5) is 0. The fraction of sp³-hybridized carbons (Fsp3) is 1.00. The maximum atomic E-state index is 12.5. The van der Waals surface area contributed by atoms with Gasteiger partial charge in [0, 0.05) is 12.3 Å². The van der Waals surface area contributed by atoms with Crippen LogP contribution in [-0.2, 0) is 4.57 Å². The van der Waals surface area contributed by atoms with E-state index in [0.29, 0.717) is 0 Å². The van der Waals surface area contributed by atoms with E-state index in [2.05, 4.69) is 29.3 Å². The number of hydrogen-bond donors (Lipinski definition) is 0. The molecule has 0 aromatic carbocycles. The number of halogens is 1. The molecule has 0 aliphatic heterocycles. The van der Waals surface area contributed by atoms with E-state index in [1.54, 1.807) is 0 Å². The molecule has 140 valence electrons. The molecule has 0 heterocycles. The molecular weight excluding hydrogens is 367 g/mol. The van der Waals surface area contributed by atoms with E-state index < -0.39 is 5.84 Å². The van der Waals surface area contributed by atoms with Gasteiger partial charge in [-0.3, -0.25) is 0 Å². The fourth-order valence-electron chi connectivity index (χ4n) is 3.08. The molecule has 0 saturated heterocycles. The molecule has 0 atom stereocenters. The molecule has 0 N–H and O–H groups in total. The first kappa shape index (κ1) is 23.7. The molecule has 0 unspecified atom stereocenters. The smallest absolute Gasteiger partial charge is 0.148 e. The van der Waals surface area contributed by atoms with Gasteiger partial charge in [0.2, 0.25) is 0 Å². The Labute approximate surface area is 154 Å². The van der Waals surface area contributed by atoms with Crippen molar-refractivity contribution < 1.29 is 4.57 Å². The van der Waals surface area contributed by atoms with Crippen LogP contribution in [0.4, 0.5) is 0 Å². The molecular formula is C20H42BrOP. The van der Waals surface area contributed by atoms with Crippen LogP contribution >= 0.6 is 21.3 Å². The minimum atomic E-state index is -2.01. The molecule has 0 aliphatic carbocycles. The van der Waals surface area contributed by atoms with Gasteiger partial charge in [0.25, 0.3) is 0 Å². The number of hydrogen-bond acceptors (Lipinski definition) is 1. The third kappa shape index (κ3) is 18.9. The highest BCUT2D eigenvalue weighted by atomic mass is 79.9. The predicted molar refractivity (Wildman–Crippen MR) is 111 cm³/mol. The first-order chi connectivity index (χ1) is 11.1. The number of unbranched alkanes of at least 4 members (excludes halogenated alkanes) is 14. The van der Waals surface area contributed by atoms with Crippen LogP contribution < -0.4 is 0 Å². The normalized spacial score (nSPS) is 12.0. The molecule has 0 aromatic rings. The molecule has 0 amide bonds. The van der Waals surface area contributed by atoms with E-state index in [1.807, 2.05) is 0 Å². The molecule has 0 fully saturated rings. The van der Waals surface area contributed by atoms with Crippen LogP contribution in [0.5, 0.6) is 0 Å². The Kier molecular flexibility index (Phi) is 18.1. The highest BCUT2D eigenvalue weighted by molar-refractivity contribution is 9.40. The van der Waals surface area contributed by atoms with E-state index >= 15 is 0 Å². The SMILES string of the molecule is CCCCCCCCCCP(=O)(Br)CCCCCCCCCC. The maximum Gasteiger partial charge on any atom is 0.148 e. The summed E-state index contributed by atoms with van der Waals surface area (Å²) in [5, 5.41) is 0. The van der Waals surface area contributed by atoms with Crippen LogP contribution in [-0.4, -0.2) is 12.3 Å². The van der Waals surface area contributed by atoms with Gasteiger partial charge in [-0.1, -0.05) is 104 Å². The summed E-state index contributed by atoms with van der Waals surface area (Å²) in [6.07, 6.45) is 23.0. The van der Waals surface area contributed by atoms with Gasteiger partial charge in [-0.2, -0.15) is 0 Å². The Bertz CT molecular complexity index is 257. The Morgan fingerprint density at radius 3 is 1.09 bits per heavy atom. The van der Waals surface area contributed by atoms with Crippen LogP contribution in [0.15, 0.2) is 0 Å². The maximum absolute atomic E-state index is 12.5. The lowest BCUT2D eigenvalue weighted by atomic mass is 10.1. The van der Waals surface area contributed by atoms with Gasteiger partial charge in [0.1, 0.15) is 5.84 Å². The van der Waals surface area contributed by atoms with Crippen molar-refractivity contribution in [1.82, 2.24) is 0 Å². The van der Waals surface area contributed by atoms with Gasteiger partial charge in [0.05, 0.1) is 0 Å². The minimum absolute atomic E-state index is 0.915. The number of rotatable bonds is 18. The zero-order valence-corrected chi connectivity index (χ0v) is 18.4. The Morgan fingerprint density at radius 1 is 0.522 bits per heavy atom. The van der Waals surface area contributed by atoms with Gasteiger partial charge in [0.15, 0.2) is 0 Å². The van der Waals surface area contributed by atoms with Gasteiger partial charge in [-0.05, 0) is 28.3 Å². The van der Waals surface area contributed by atoms with Crippen LogP contribution in [0.3, 0.4) is 0 Å². The summed E-state index contributed by atoms with van der Waals surface area (Å²) < 4.78 is 12.5. The lowest BCUT2D eigenvalue weighted by molar-refractivity contribution is 0.564. The van der Waals surface area contributed by atoms with Crippen LogP contribution in [0, 0.1) is 0 Å². The van der Waals surface area contributed by atoms with Gasteiger partial charge < -0.3 is 4.57 Å². The summed E-state index contributed by atoms with van der Waals surface area (Å²) in [5.41, 5.74) is 0. The predicted octanol–water partition coefficient (Wildman–Crippen LogP) is 8.94. The summed E-state index contributed by atoms with van der Waals surface area (Å²) in [5.74, 6) is -2.01. The van der Waals surface area contributed by atoms with Crippen LogP contribution in [0.2, 0.25) is 0 Å². The van der Waals surface area contributed by atoms with Crippen molar-refractivity contribution in [3.05, 3.63) is 0 Å². The van der Waals surface area contributed by atoms with Gasteiger partial charge >= 0.3 is 0 Å². The molecule has 0 aromatic heterocycles. The van der Waals surface area contributed by atoms with Crippen molar-refractivity contribution in [2.24, 2.45) is 0 Å². The summed E-state index contributed by atoms with van der Waals surface area (Å²) >= 11 is 3.54. The van der Waals surface area contributed by atoms with Crippen molar-refractivity contribution in [1.29, 1.82) is 0 Å². The summed E-state index contributed by atoms with van der Waals surface area (Å²) in [6.45, 7) is 4.53. The van der Waals surface area contributed by atoms with Crippen LogP contribution in [0.25, 0.3) is 0 Å². The molecule has 0 spiro atoms. The second-order valence-corrected chi connectivity index (χ2v) is 13.5. The van der Waals surface area contributed by atoms with Crippen molar-refractivity contribution in [2.45, 2.75) is 117 Å². The fourth-order valence-corrected chi connectivity index (χ4v) is 6.20. The summed E-state index contributed by atoms with van der Waals surface area (Å²) in [7, 11) is 0. The van der Waals surface area contributed by atoms with Crippen molar-refractivity contribution in [3.63, 3.8) is 0 Å². The highest BCUT2D eigenvalue weighted by Gasteiger charge is 2.16. The first-order valence-electron chi connectivity index (χ1n) is 10.4. The van der Waals surface area contributed by atoms with Crippen molar-refractivity contribution in [2.75, 3.05) is 12.3 Å². The molecule has 0 bridgehead atoms. The minimum Gasteiger partial charge on any atom is -0.312 e. The van der Waals surface area contributed by atoms with Gasteiger partial charge in [-0.15, -0.1) is 0 Å². The highest BCUT2D eigenvalue weighted by Crippen LogP contribution is 2.55. The summed E-state index contributed by atoms with van der Waals surface area (Å²) in [6, 6.07) is 0. The molecule has 23 heavy (non-hydrogen) atoms. The second kappa shape index (κ2) is 17.5. The third-order valence-electron chi connectivity index (χ3n) is 4.69. The molecule has 0 rings (SSSR count). The first-order valence-corrected chi connectivity index (χ1v) is 14.5. The van der Waals surface area contributed by atoms with E-state index in [9.17, 15) is 4.57 Å². The standard InChI is InChI=1S/C20H42BrOP/c1-3-5-7-9-11-13-15-17-19-23(21,22)20-18-16-14-12-10-8-6-4-2/h3-20H2,1-2H3. The lowest BCUT2D eigenvalue weighted by Gasteiger charge is -2.11. The monoisotopic (exact) mass is 408 g/mol. The average Bonchev–Trinajstić information content (AvgIpc) is 2.52. The topological polar surface area (TPSA) is 17.1 Å². The third-order valence-corrected chi connectivity index (χ3v) is 8.79. The van der Waals surface area contributed by atoms with E-state index in [0.717, 1.165) is 25.2 Å². The zero-order chi connectivity index (χ0) is 17.2. The van der Waals surface area contributed by atoms with Gasteiger partial charge in [-0.25, -0.2) is 0 Å². The molecule has 1 nitrogen and oxygen atoms in total. The van der Waals surface area contributed by atoms with Crippen LogP contribution in [0.1, 0.15) is 117 Å². The van der Waals surface area contributed by atoms with E-state index in [4.69, 9.17) is 0 Å². The average molecular weight is 409 g/mol. The Balaban J connectivity index is 3.35. The lowest BCUT2D eigenvalue weighted by Crippen LogP contribution is -1.92. The van der Waals surface area contributed by atoms with Crippen molar-refractivity contribution in [3.8, 4) is 0 Å². The quantitative estimate of drug-likeness (QED) is 0.163. The van der Waals surface area contributed by atoms with E-state index in [1.165, 1.54) is 89.9 Å². The molecule has 0 radical (unpaired) electrons. The molecule has 3 heteroatoms. The molecule has 0 aliphatic rings. The second-order valence-electron chi connectivity index (χ2n) is 7.19. The van der Waals surface area contributed by atoms with Crippen molar-refractivity contribution >= 4 is 21.3 Å². The Morgan fingerprint density at radius 2 is 0.783 bits per heavy atom.